The summed E-state index contributed by atoms with van der Waals surface area (Å²) in [5.41, 5.74) is 1.13. The molecular weight excluding hydrogens is 506 g/mol. The first-order valence-electron chi connectivity index (χ1n) is 11.9. The number of hydrogen-bond donors (Lipinski definition) is 2. The van der Waals surface area contributed by atoms with E-state index < -0.39 is 6.04 Å². The van der Waals surface area contributed by atoms with E-state index in [1.54, 1.807) is 30.3 Å². The van der Waals surface area contributed by atoms with Crippen LogP contribution in [0.3, 0.4) is 0 Å². The molecule has 7 nitrogen and oxygen atoms in total. The average molecular weight is 534 g/mol. The number of halogens is 1. The molecular formula is C28H28ClN5O2S. The van der Waals surface area contributed by atoms with Crippen LogP contribution < -0.4 is 10.6 Å². The molecule has 37 heavy (non-hydrogen) atoms. The minimum absolute atomic E-state index is 0.0215. The molecule has 9 heteroatoms. The van der Waals surface area contributed by atoms with E-state index in [0.29, 0.717) is 28.1 Å². The van der Waals surface area contributed by atoms with Crippen molar-refractivity contribution in [3.63, 3.8) is 0 Å². The van der Waals surface area contributed by atoms with Crippen LogP contribution >= 0.6 is 23.4 Å². The molecule has 0 fully saturated rings. The molecule has 2 amide bonds. The van der Waals surface area contributed by atoms with Gasteiger partial charge in [0.1, 0.15) is 0 Å². The highest BCUT2D eigenvalue weighted by Gasteiger charge is 2.27. The third kappa shape index (κ3) is 6.39. The quantitative estimate of drug-likeness (QED) is 0.189. The molecule has 0 spiro atoms. The summed E-state index contributed by atoms with van der Waals surface area (Å²) in [5, 5.41) is 17.8. The number of fused-ring (bicyclic) bond motifs is 1. The van der Waals surface area contributed by atoms with Gasteiger partial charge in [0.2, 0.25) is 5.91 Å². The van der Waals surface area contributed by atoms with Gasteiger partial charge in [0.15, 0.2) is 11.0 Å². The summed E-state index contributed by atoms with van der Waals surface area (Å²) >= 11 is 7.50. The monoisotopic (exact) mass is 533 g/mol. The van der Waals surface area contributed by atoms with Gasteiger partial charge in [0.05, 0.1) is 22.4 Å². The highest BCUT2D eigenvalue weighted by molar-refractivity contribution is 7.99. The van der Waals surface area contributed by atoms with E-state index in [1.807, 2.05) is 60.9 Å². The van der Waals surface area contributed by atoms with Crippen molar-refractivity contribution in [3.8, 4) is 0 Å². The topological polar surface area (TPSA) is 88.9 Å². The summed E-state index contributed by atoms with van der Waals surface area (Å²) in [7, 11) is 0. The smallest absolute Gasteiger partial charge is 0.253 e. The summed E-state index contributed by atoms with van der Waals surface area (Å²) in [6.07, 6.45) is 1.74. The number of rotatable bonds is 10. The number of allylic oxidation sites excluding steroid dienone is 1. The molecule has 0 radical (unpaired) electrons. The predicted molar refractivity (Wildman–Crippen MR) is 150 cm³/mol. The highest BCUT2D eigenvalue weighted by Crippen LogP contribution is 2.27. The number of nitrogens with one attached hydrogen (secondary N) is 2. The minimum Gasteiger partial charge on any atom is -0.342 e. The lowest BCUT2D eigenvalue weighted by Crippen LogP contribution is -2.34. The molecule has 4 rings (SSSR count). The van der Waals surface area contributed by atoms with E-state index >= 15 is 0 Å². The van der Waals surface area contributed by atoms with Crippen molar-refractivity contribution >= 4 is 51.6 Å². The Labute approximate surface area is 225 Å². The predicted octanol–water partition coefficient (Wildman–Crippen LogP) is 6.13. The number of thioether (sulfide) groups is 1. The number of anilines is 1. The molecule has 2 N–H and O–H groups in total. The molecule has 1 heterocycles. The zero-order valence-electron chi connectivity index (χ0n) is 20.6. The van der Waals surface area contributed by atoms with Crippen molar-refractivity contribution in [3.05, 3.63) is 95.8 Å². The lowest BCUT2D eigenvalue weighted by atomic mass is 10.0. The molecule has 1 aromatic heterocycles. The maximum atomic E-state index is 13.0. The molecule has 0 bridgehead atoms. The van der Waals surface area contributed by atoms with Gasteiger partial charge in [-0.3, -0.25) is 9.59 Å². The Bertz CT molecular complexity index is 1440. The van der Waals surface area contributed by atoms with Gasteiger partial charge >= 0.3 is 0 Å². The van der Waals surface area contributed by atoms with Crippen molar-refractivity contribution in [2.45, 2.75) is 31.6 Å². The second-order valence-electron chi connectivity index (χ2n) is 8.81. The fraction of sp³-hybridized carbons (Fsp3) is 0.214. The number of nitrogens with zero attached hydrogens (tertiary/aromatic N) is 3. The van der Waals surface area contributed by atoms with Gasteiger partial charge in [-0.25, -0.2) is 0 Å². The molecule has 4 aromatic rings. The van der Waals surface area contributed by atoms with E-state index in [-0.39, 0.29) is 23.5 Å². The van der Waals surface area contributed by atoms with Crippen LogP contribution in [0.2, 0.25) is 5.02 Å². The second-order valence-corrected chi connectivity index (χ2v) is 10.2. The van der Waals surface area contributed by atoms with Gasteiger partial charge in [-0.15, -0.1) is 16.8 Å². The number of benzene rings is 3. The van der Waals surface area contributed by atoms with E-state index in [2.05, 4.69) is 27.4 Å². The van der Waals surface area contributed by atoms with Crippen LogP contribution in [0.15, 0.2) is 84.5 Å². The molecule has 3 aromatic carbocycles. The summed E-state index contributed by atoms with van der Waals surface area (Å²) in [5.74, 6) is 0.324. The van der Waals surface area contributed by atoms with Crippen LogP contribution in [-0.2, 0) is 11.3 Å². The highest BCUT2D eigenvalue weighted by atomic mass is 35.5. The summed E-state index contributed by atoms with van der Waals surface area (Å²) in [6, 6.07) is 20.3. The van der Waals surface area contributed by atoms with Gasteiger partial charge in [0, 0.05) is 12.2 Å². The van der Waals surface area contributed by atoms with Gasteiger partial charge in [0.25, 0.3) is 5.91 Å². The van der Waals surface area contributed by atoms with E-state index in [4.69, 9.17) is 11.6 Å². The fourth-order valence-corrected chi connectivity index (χ4v) is 4.90. The normalized spacial score (nSPS) is 11.9. The van der Waals surface area contributed by atoms with Crippen LogP contribution in [0.5, 0.6) is 0 Å². The maximum Gasteiger partial charge on any atom is 0.253 e. The minimum atomic E-state index is -0.419. The fourth-order valence-electron chi connectivity index (χ4n) is 3.93. The number of aromatic nitrogens is 3. The SMILES string of the molecule is C=CCn1c(SCC(=O)Nc2ccc3ccccc3c2)nnc1[C@@H](NC(=O)c1ccccc1Cl)C(C)C. The van der Waals surface area contributed by atoms with Gasteiger partial charge in [-0.1, -0.05) is 85.8 Å². The Hall–Kier alpha value is -3.62. The summed E-state index contributed by atoms with van der Waals surface area (Å²) < 4.78 is 1.87. The number of carbonyl (C=O) groups excluding carboxylic acids is 2. The Morgan fingerprint density at radius 2 is 1.78 bits per heavy atom. The van der Waals surface area contributed by atoms with Gasteiger partial charge in [-0.05, 0) is 41.0 Å². The maximum absolute atomic E-state index is 13.0. The molecule has 0 aliphatic rings. The number of carbonyl (C=O) groups is 2. The third-order valence-corrected chi connectivity index (χ3v) is 7.07. The average Bonchev–Trinajstić information content (AvgIpc) is 3.28. The first kappa shape index (κ1) is 26.4. The zero-order valence-corrected chi connectivity index (χ0v) is 22.2. The lowest BCUT2D eigenvalue weighted by molar-refractivity contribution is -0.113. The Kier molecular flexibility index (Phi) is 8.63. The van der Waals surface area contributed by atoms with Crippen molar-refractivity contribution in [1.29, 1.82) is 0 Å². The first-order valence-corrected chi connectivity index (χ1v) is 13.2. The van der Waals surface area contributed by atoms with Gasteiger partial charge in [-0.2, -0.15) is 0 Å². The van der Waals surface area contributed by atoms with E-state index in [1.165, 1.54) is 11.8 Å². The van der Waals surface area contributed by atoms with Crippen LogP contribution in [0.25, 0.3) is 10.8 Å². The van der Waals surface area contributed by atoms with Crippen LogP contribution in [0, 0.1) is 5.92 Å². The Morgan fingerprint density at radius 1 is 1.05 bits per heavy atom. The van der Waals surface area contributed by atoms with Crippen molar-refractivity contribution in [2.75, 3.05) is 11.1 Å². The van der Waals surface area contributed by atoms with Crippen LogP contribution in [0.4, 0.5) is 5.69 Å². The third-order valence-electron chi connectivity index (χ3n) is 5.77. The molecule has 190 valence electrons. The summed E-state index contributed by atoms with van der Waals surface area (Å²) in [6.45, 7) is 8.27. The first-order chi connectivity index (χ1) is 17.9. The number of amides is 2. The van der Waals surface area contributed by atoms with Crippen LogP contribution in [-0.4, -0.2) is 32.3 Å². The number of hydrogen-bond acceptors (Lipinski definition) is 5. The molecule has 0 aliphatic carbocycles. The van der Waals surface area contributed by atoms with Crippen molar-refractivity contribution < 1.29 is 9.59 Å². The Balaban J connectivity index is 1.48. The van der Waals surface area contributed by atoms with E-state index in [0.717, 1.165) is 16.5 Å². The summed E-state index contributed by atoms with van der Waals surface area (Å²) in [4.78, 5) is 25.7. The second kappa shape index (κ2) is 12.1. The molecule has 1 atom stereocenters. The lowest BCUT2D eigenvalue weighted by Gasteiger charge is -2.23. The molecule has 0 unspecified atom stereocenters. The molecule has 0 aliphatic heterocycles. The largest absolute Gasteiger partial charge is 0.342 e. The Morgan fingerprint density at radius 3 is 2.51 bits per heavy atom. The zero-order chi connectivity index (χ0) is 26.4. The molecule has 0 saturated heterocycles. The van der Waals surface area contributed by atoms with Crippen molar-refractivity contribution in [2.24, 2.45) is 5.92 Å². The standard InChI is InChI=1S/C28H28ClN5O2S/c1-4-15-34-26(25(18(2)3)31-27(36)22-11-7-8-12-23(22)29)32-33-28(34)37-17-24(35)30-21-14-13-19-9-5-6-10-20(19)16-21/h4-14,16,18,25H,1,15,17H2,2-3H3,(H,30,35)(H,31,36)/t25-/m0/s1. The van der Waals surface area contributed by atoms with Crippen molar-refractivity contribution in [1.82, 2.24) is 20.1 Å². The molecule has 0 saturated carbocycles. The van der Waals surface area contributed by atoms with Gasteiger partial charge < -0.3 is 15.2 Å². The van der Waals surface area contributed by atoms with E-state index in [9.17, 15) is 9.59 Å². The van der Waals surface area contributed by atoms with Crippen LogP contribution in [0.1, 0.15) is 36.1 Å².